The van der Waals surface area contributed by atoms with Crippen LogP contribution < -0.4 is 10.6 Å². The van der Waals surface area contributed by atoms with Crippen molar-refractivity contribution in [3.63, 3.8) is 0 Å². The molecule has 142 valence electrons. The van der Waals surface area contributed by atoms with Crippen molar-refractivity contribution < 1.29 is 19.1 Å². The number of nitrogens with zero attached hydrogens (tertiary/aromatic N) is 1. The maximum Gasteiger partial charge on any atom is 0.323 e. The fourth-order valence-electron chi connectivity index (χ4n) is 3.59. The molecule has 0 spiro atoms. The second-order valence-electron chi connectivity index (χ2n) is 6.28. The third kappa shape index (κ3) is 3.57. The van der Waals surface area contributed by atoms with Gasteiger partial charge in [-0.25, -0.2) is 4.67 Å². The van der Waals surface area contributed by atoms with Gasteiger partial charge in [-0.3, -0.25) is 9.59 Å². The second-order valence-corrected chi connectivity index (χ2v) is 10.5. The molecule has 0 aliphatic carbocycles. The van der Waals surface area contributed by atoms with Crippen LogP contribution >= 0.6 is 6.19 Å². The van der Waals surface area contributed by atoms with Crippen LogP contribution in [0.2, 0.25) is 0 Å². The van der Waals surface area contributed by atoms with Gasteiger partial charge in [0.2, 0.25) is 0 Å². The summed E-state index contributed by atoms with van der Waals surface area (Å²) in [5, 5.41) is 1.85. The Kier molecular flexibility index (Phi) is 6.10. The first-order chi connectivity index (χ1) is 13.0. The molecule has 1 aliphatic rings. The van der Waals surface area contributed by atoms with Crippen LogP contribution in [0.3, 0.4) is 0 Å². The van der Waals surface area contributed by atoms with Crippen molar-refractivity contribution in [2.75, 3.05) is 14.2 Å². The van der Waals surface area contributed by atoms with Gasteiger partial charge in [-0.2, -0.15) is 0 Å². The van der Waals surface area contributed by atoms with Gasteiger partial charge in [0.05, 0.1) is 20.4 Å². The van der Waals surface area contributed by atoms with Crippen LogP contribution in [0.15, 0.2) is 60.7 Å². The Balaban J connectivity index is 2.23. The van der Waals surface area contributed by atoms with E-state index in [1.165, 1.54) is 14.2 Å². The Morgan fingerprint density at radius 3 is 1.56 bits per heavy atom. The smallest absolute Gasteiger partial charge is 0.323 e. The molecule has 1 aliphatic heterocycles. The lowest BCUT2D eigenvalue weighted by molar-refractivity contribution is -0.147. The Morgan fingerprint density at radius 2 is 1.22 bits per heavy atom. The topological polar surface area (TPSA) is 55.8 Å². The number of hydrogen-bond donors (Lipinski definition) is 0. The molecule has 0 aromatic heterocycles. The number of carbonyl (C=O) groups is 2. The molecular weight excluding hydrogens is 381 g/mol. The van der Waals surface area contributed by atoms with Crippen molar-refractivity contribution in [3.05, 3.63) is 60.7 Å². The first-order valence-electron chi connectivity index (χ1n) is 8.69. The molecule has 5 nitrogen and oxygen atoms in total. The molecule has 0 amide bonds. The Bertz CT molecular complexity index is 791. The van der Waals surface area contributed by atoms with Crippen molar-refractivity contribution in [1.82, 2.24) is 4.67 Å². The second kappa shape index (κ2) is 8.34. The molecule has 7 heteroatoms. The van der Waals surface area contributed by atoms with E-state index < -0.39 is 18.3 Å². The van der Waals surface area contributed by atoms with E-state index in [2.05, 4.69) is 0 Å². The molecule has 1 heterocycles. The predicted octanol–water partition coefficient (Wildman–Crippen LogP) is 2.21. The summed E-state index contributed by atoms with van der Waals surface area (Å²) in [7, 11) is 2.72. The molecule has 27 heavy (non-hydrogen) atoms. The van der Waals surface area contributed by atoms with Gasteiger partial charge in [0.15, 0.2) is 0 Å². The molecule has 3 rings (SSSR count). The molecule has 2 aromatic carbocycles. The molecule has 0 unspecified atom stereocenters. The maximum atomic E-state index is 12.5. The summed E-state index contributed by atoms with van der Waals surface area (Å²) < 4.78 is 12.0. The highest BCUT2D eigenvalue weighted by atomic mass is 32.4. The molecule has 0 bridgehead atoms. The molecule has 2 atom stereocenters. The van der Waals surface area contributed by atoms with Crippen molar-refractivity contribution in [3.8, 4) is 0 Å². The highest BCUT2D eigenvalue weighted by Crippen LogP contribution is 2.54. The summed E-state index contributed by atoms with van der Waals surface area (Å²) in [6.45, 7) is 0. The number of carbonyl (C=O) groups excluding carboxylic acids is 2. The van der Waals surface area contributed by atoms with Gasteiger partial charge in [-0.15, -0.1) is 0 Å². The van der Waals surface area contributed by atoms with Crippen LogP contribution in [-0.2, 0) is 30.9 Å². The van der Waals surface area contributed by atoms with Crippen LogP contribution in [-0.4, -0.2) is 42.9 Å². The zero-order valence-corrected chi connectivity index (χ0v) is 17.0. The first kappa shape index (κ1) is 19.7. The summed E-state index contributed by atoms with van der Waals surface area (Å²) in [4.78, 5) is 25.1. The van der Waals surface area contributed by atoms with Crippen molar-refractivity contribution in [1.29, 1.82) is 0 Å². The molecule has 1 fully saturated rings. The predicted molar refractivity (Wildman–Crippen MR) is 109 cm³/mol. The van der Waals surface area contributed by atoms with Gasteiger partial charge in [0.25, 0.3) is 0 Å². The molecule has 0 N–H and O–H groups in total. The average molecular weight is 403 g/mol. The zero-order valence-electron chi connectivity index (χ0n) is 15.3. The van der Waals surface area contributed by atoms with E-state index in [9.17, 15) is 9.59 Å². The number of hydrogen-bond acceptors (Lipinski definition) is 5. The fraction of sp³-hybridized carbons (Fsp3) is 0.300. The van der Waals surface area contributed by atoms with Crippen LogP contribution in [0, 0.1) is 0 Å². The minimum absolute atomic E-state index is 0.373. The molecule has 1 saturated heterocycles. The number of ether oxygens (including phenoxy) is 2. The lowest BCUT2D eigenvalue weighted by Crippen LogP contribution is -2.47. The van der Waals surface area contributed by atoms with E-state index in [4.69, 9.17) is 21.3 Å². The van der Waals surface area contributed by atoms with Gasteiger partial charge in [0, 0.05) is 10.6 Å². The molecule has 0 radical (unpaired) electrons. The third-order valence-electron chi connectivity index (χ3n) is 4.84. The summed E-state index contributed by atoms with van der Waals surface area (Å²) in [6, 6.07) is 18.3. The quantitative estimate of drug-likeness (QED) is 0.564. The Hall–Kier alpha value is -2.01. The van der Waals surface area contributed by atoms with E-state index in [0.29, 0.717) is 12.8 Å². The van der Waals surface area contributed by atoms with E-state index >= 15 is 0 Å². The SMILES string of the molecule is COC(=O)[C@H]1CC[C@@H](C(=O)OC)N1P(=S)(c1ccccc1)c1ccccc1. The standard InChI is InChI=1S/C20H22NO4PS/c1-24-19(22)17-13-14-18(20(23)25-2)21(17)26(27,15-9-5-3-6-10-15)16-11-7-4-8-12-16/h3-12,17-18H,13-14H2,1-2H3/t17-,18+. The first-order valence-corrected chi connectivity index (χ1v) is 11.4. The number of methoxy groups -OCH3 is 2. The van der Waals surface area contributed by atoms with E-state index in [1.54, 1.807) is 0 Å². The lowest BCUT2D eigenvalue weighted by Gasteiger charge is -2.38. The molecule has 0 saturated carbocycles. The maximum absolute atomic E-state index is 12.5. The van der Waals surface area contributed by atoms with Gasteiger partial charge >= 0.3 is 11.9 Å². The van der Waals surface area contributed by atoms with Crippen LogP contribution in [0.1, 0.15) is 12.8 Å². The van der Waals surface area contributed by atoms with Crippen molar-refractivity contribution in [2.24, 2.45) is 0 Å². The fourth-order valence-corrected chi connectivity index (χ4v) is 8.19. The van der Waals surface area contributed by atoms with Gasteiger partial charge in [-0.1, -0.05) is 72.5 Å². The lowest BCUT2D eigenvalue weighted by atomic mass is 10.2. The normalized spacial score (nSPS) is 20.2. The summed E-state index contributed by atoms with van der Waals surface area (Å²) in [5.41, 5.74) is 0. The van der Waals surface area contributed by atoms with Gasteiger partial charge in [0.1, 0.15) is 12.1 Å². The van der Waals surface area contributed by atoms with E-state index in [-0.39, 0.29) is 11.9 Å². The molecule has 2 aromatic rings. The van der Waals surface area contributed by atoms with Gasteiger partial charge < -0.3 is 9.47 Å². The zero-order chi connectivity index (χ0) is 19.4. The molecular formula is C20H22NO4PS. The summed E-state index contributed by atoms with van der Waals surface area (Å²) in [5.74, 6) is -0.745. The largest absolute Gasteiger partial charge is 0.468 e. The van der Waals surface area contributed by atoms with E-state index in [1.807, 2.05) is 65.3 Å². The van der Waals surface area contributed by atoms with Gasteiger partial charge in [-0.05, 0) is 12.8 Å². The Morgan fingerprint density at radius 1 is 0.852 bits per heavy atom. The monoisotopic (exact) mass is 403 g/mol. The number of esters is 2. The Labute approximate surface area is 164 Å². The number of rotatable bonds is 5. The summed E-state index contributed by atoms with van der Waals surface area (Å²) >= 11 is 6.30. The van der Waals surface area contributed by atoms with Crippen LogP contribution in [0.5, 0.6) is 0 Å². The highest BCUT2D eigenvalue weighted by Gasteiger charge is 2.50. The van der Waals surface area contributed by atoms with Crippen LogP contribution in [0.4, 0.5) is 0 Å². The third-order valence-corrected chi connectivity index (χ3v) is 9.87. The highest BCUT2D eigenvalue weighted by molar-refractivity contribution is 8.20. The minimum atomic E-state index is -2.65. The van der Waals surface area contributed by atoms with Crippen LogP contribution in [0.25, 0.3) is 0 Å². The van der Waals surface area contributed by atoms with E-state index in [0.717, 1.165) is 10.6 Å². The minimum Gasteiger partial charge on any atom is -0.468 e. The summed E-state index contributed by atoms with van der Waals surface area (Å²) in [6.07, 6.45) is -1.64. The average Bonchev–Trinajstić information content (AvgIpc) is 3.19. The van der Waals surface area contributed by atoms with Crippen molar-refractivity contribution >= 4 is 40.5 Å². The van der Waals surface area contributed by atoms with Crippen molar-refractivity contribution in [2.45, 2.75) is 24.9 Å². The number of benzene rings is 2.